The van der Waals surface area contributed by atoms with Crippen molar-refractivity contribution < 1.29 is 14.3 Å². The fourth-order valence-corrected chi connectivity index (χ4v) is 2.22. The summed E-state index contributed by atoms with van der Waals surface area (Å²) >= 11 is 0. The summed E-state index contributed by atoms with van der Waals surface area (Å²) in [5, 5.41) is 5.90. The average molecular weight is 358 g/mol. The number of ether oxygens (including phenoxy) is 1. The van der Waals surface area contributed by atoms with Gasteiger partial charge < -0.3 is 20.3 Å². The number of amides is 2. The van der Waals surface area contributed by atoms with Crippen molar-refractivity contribution in [1.82, 2.24) is 10.2 Å². The summed E-state index contributed by atoms with van der Waals surface area (Å²) in [7, 11) is 1.61. The summed E-state index contributed by atoms with van der Waals surface area (Å²) < 4.78 is 4.91. The molecule has 1 rings (SSSR count). The molecule has 0 atom stereocenters. The smallest absolute Gasteiger partial charge is 0.244 e. The highest BCUT2D eigenvalue weighted by Crippen LogP contribution is 2.19. The van der Waals surface area contributed by atoms with Crippen LogP contribution in [0.1, 0.15) is 18.1 Å². The summed E-state index contributed by atoms with van der Waals surface area (Å²) in [5.41, 5.74) is 2.84. The number of methoxy groups -OCH3 is 1. The van der Waals surface area contributed by atoms with Crippen molar-refractivity contribution in [3.05, 3.63) is 29.3 Å². The normalized spacial score (nSPS) is 10.0. The second-order valence-corrected chi connectivity index (χ2v) is 5.39. The van der Waals surface area contributed by atoms with Gasteiger partial charge in [-0.25, -0.2) is 0 Å². The van der Waals surface area contributed by atoms with Crippen molar-refractivity contribution in [1.29, 1.82) is 0 Å². The van der Waals surface area contributed by atoms with Crippen molar-refractivity contribution in [3.8, 4) is 0 Å². The molecule has 0 heterocycles. The summed E-state index contributed by atoms with van der Waals surface area (Å²) in [6, 6.07) is 5.85. The SMILES string of the molecule is CCN(CC(=O)Nc1c(C)cccc1C)C(=O)CNCCOC.Cl. The molecule has 7 heteroatoms. The van der Waals surface area contributed by atoms with Crippen LogP contribution < -0.4 is 10.6 Å². The van der Waals surface area contributed by atoms with E-state index < -0.39 is 0 Å². The van der Waals surface area contributed by atoms with Crippen LogP contribution in [0.25, 0.3) is 0 Å². The second-order valence-electron chi connectivity index (χ2n) is 5.39. The summed E-state index contributed by atoms with van der Waals surface area (Å²) in [4.78, 5) is 25.9. The zero-order chi connectivity index (χ0) is 17.2. The van der Waals surface area contributed by atoms with Gasteiger partial charge in [0.25, 0.3) is 0 Å². The molecule has 0 aliphatic heterocycles. The van der Waals surface area contributed by atoms with Crippen LogP contribution in [0.4, 0.5) is 5.69 Å². The zero-order valence-corrected chi connectivity index (χ0v) is 15.7. The number of likely N-dealkylation sites (N-methyl/N-ethyl adjacent to an activating group) is 1. The van der Waals surface area contributed by atoms with E-state index in [2.05, 4.69) is 10.6 Å². The zero-order valence-electron chi connectivity index (χ0n) is 14.8. The van der Waals surface area contributed by atoms with Gasteiger partial charge in [-0.05, 0) is 31.9 Å². The van der Waals surface area contributed by atoms with Crippen molar-refractivity contribution in [3.63, 3.8) is 0 Å². The second kappa shape index (κ2) is 11.8. The largest absolute Gasteiger partial charge is 0.383 e. The van der Waals surface area contributed by atoms with Crippen LogP contribution in [0.3, 0.4) is 0 Å². The molecule has 0 saturated heterocycles. The van der Waals surface area contributed by atoms with E-state index in [1.807, 2.05) is 39.0 Å². The van der Waals surface area contributed by atoms with Gasteiger partial charge in [0.2, 0.25) is 11.8 Å². The molecule has 6 nitrogen and oxygen atoms in total. The molecule has 0 aliphatic carbocycles. The predicted molar refractivity (Wildman–Crippen MR) is 98.8 cm³/mol. The lowest BCUT2D eigenvalue weighted by molar-refractivity contribution is -0.133. The van der Waals surface area contributed by atoms with Crippen LogP contribution in [0.2, 0.25) is 0 Å². The van der Waals surface area contributed by atoms with Gasteiger partial charge in [-0.1, -0.05) is 18.2 Å². The number of hydrogen-bond donors (Lipinski definition) is 2. The molecule has 2 N–H and O–H groups in total. The predicted octanol–water partition coefficient (Wildman–Crippen LogP) is 1.75. The molecule has 0 radical (unpaired) electrons. The molecule has 1 aromatic carbocycles. The molecule has 0 fully saturated rings. The van der Waals surface area contributed by atoms with Crippen molar-refractivity contribution in [2.24, 2.45) is 0 Å². The topological polar surface area (TPSA) is 70.7 Å². The molecule has 0 aromatic heterocycles. The Kier molecular flexibility index (Phi) is 11.0. The lowest BCUT2D eigenvalue weighted by atomic mass is 10.1. The number of para-hydroxylation sites is 1. The number of benzene rings is 1. The Labute approximate surface area is 150 Å². The van der Waals surface area contributed by atoms with E-state index >= 15 is 0 Å². The van der Waals surface area contributed by atoms with E-state index in [9.17, 15) is 9.59 Å². The minimum Gasteiger partial charge on any atom is -0.383 e. The highest BCUT2D eigenvalue weighted by Gasteiger charge is 2.16. The Morgan fingerprint density at radius 2 is 1.83 bits per heavy atom. The van der Waals surface area contributed by atoms with Gasteiger partial charge in [-0.15, -0.1) is 12.4 Å². The molecule has 24 heavy (non-hydrogen) atoms. The number of carbonyl (C=O) groups excluding carboxylic acids is 2. The fourth-order valence-electron chi connectivity index (χ4n) is 2.22. The number of carbonyl (C=O) groups is 2. The lowest BCUT2D eigenvalue weighted by Crippen LogP contribution is -2.43. The molecule has 1 aromatic rings. The van der Waals surface area contributed by atoms with Crippen LogP contribution in [0.5, 0.6) is 0 Å². The molecule has 0 aliphatic rings. The molecule has 0 spiro atoms. The van der Waals surface area contributed by atoms with Gasteiger partial charge in [0.1, 0.15) is 0 Å². The highest BCUT2D eigenvalue weighted by atomic mass is 35.5. The van der Waals surface area contributed by atoms with Gasteiger partial charge in [-0.3, -0.25) is 9.59 Å². The van der Waals surface area contributed by atoms with Crippen molar-refractivity contribution in [2.75, 3.05) is 45.2 Å². The molecule has 136 valence electrons. The van der Waals surface area contributed by atoms with Crippen molar-refractivity contribution >= 4 is 29.9 Å². The molecular weight excluding hydrogens is 330 g/mol. The number of aryl methyl sites for hydroxylation is 2. The Morgan fingerprint density at radius 1 is 1.21 bits per heavy atom. The quantitative estimate of drug-likeness (QED) is 0.660. The van der Waals surface area contributed by atoms with E-state index in [1.54, 1.807) is 7.11 Å². The number of halogens is 1. The standard InChI is InChI=1S/C17H27N3O3.ClH/c1-5-20(16(22)11-18-9-10-23-4)12-15(21)19-17-13(2)7-6-8-14(17)3;/h6-8,18H,5,9-12H2,1-4H3,(H,19,21);1H. The molecule has 0 unspecified atom stereocenters. The monoisotopic (exact) mass is 357 g/mol. The van der Waals surface area contributed by atoms with Gasteiger partial charge in [0.15, 0.2) is 0 Å². The molecule has 2 amide bonds. The number of anilines is 1. The number of rotatable bonds is 9. The maximum atomic E-state index is 12.2. The lowest BCUT2D eigenvalue weighted by Gasteiger charge is -2.21. The third-order valence-corrected chi connectivity index (χ3v) is 3.57. The number of hydrogen-bond acceptors (Lipinski definition) is 4. The first-order valence-electron chi connectivity index (χ1n) is 7.83. The van der Waals surface area contributed by atoms with E-state index in [0.717, 1.165) is 16.8 Å². The van der Waals surface area contributed by atoms with E-state index in [-0.39, 0.29) is 37.3 Å². The molecular formula is C17H28ClN3O3. The van der Waals surface area contributed by atoms with E-state index in [1.165, 1.54) is 4.90 Å². The first-order chi connectivity index (χ1) is 11.0. The van der Waals surface area contributed by atoms with Crippen molar-refractivity contribution in [2.45, 2.75) is 20.8 Å². The third-order valence-electron chi connectivity index (χ3n) is 3.57. The van der Waals surface area contributed by atoms with Crippen LogP contribution in [-0.2, 0) is 14.3 Å². The van der Waals surface area contributed by atoms with Gasteiger partial charge in [0, 0.05) is 25.9 Å². The maximum Gasteiger partial charge on any atom is 0.244 e. The summed E-state index contributed by atoms with van der Waals surface area (Å²) in [6.07, 6.45) is 0. The van der Waals surface area contributed by atoms with Crippen LogP contribution >= 0.6 is 12.4 Å². The van der Waals surface area contributed by atoms with Gasteiger partial charge >= 0.3 is 0 Å². The molecule has 0 bridgehead atoms. The first kappa shape index (κ1) is 22.4. The van der Waals surface area contributed by atoms with Gasteiger partial charge in [-0.2, -0.15) is 0 Å². The van der Waals surface area contributed by atoms with E-state index in [0.29, 0.717) is 19.7 Å². The minimum atomic E-state index is -0.186. The average Bonchev–Trinajstić information content (AvgIpc) is 2.52. The third kappa shape index (κ3) is 7.29. The first-order valence-corrected chi connectivity index (χ1v) is 7.83. The number of nitrogens with one attached hydrogen (secondary N) is 2. The van der Waals surface area contributed by atoms with Crippen LogP contribution in [0.15, 0.2) is 18.2 Å². The summed E-state index contributed by atoms with van der Waals surface area (Å²) in [6.45, 7) is 7.66. The number of nitrogens with zero attached hydrogens (tertiary/aromatic N) is 1. The van der Waals surface area contributed by atoms with E-state index in [4.69, 9.17) is 4.74 Å². The Balaban J connectivity index is 0.00000529. The van der Waals surface area contributed by atoms with Crippen LogP contribution in [0, 0.1) is 13.8 Å². The fraction of sp³-hybridized carbons (Fsp3) is 0.529. The Morgan fingerprint density at radius 3 is 2.38 bits per heavy atom. The molecule has 0 saturated carbocycles. The Bertz CT molecular complexity index is 518. The maximum absolute atomic E-state index is 12.2. The Hall–Kier alpha value is -1.63. The minimum absolute atomic E-state index is 0. The van der Waals surface area contributed by atoms with Gasteiger partial charge in [0.05, 0.1) is 19.7 Å². The van der Waals surface area contributed by atoms with Crippen LogP contribution in [-0.4, -0.2) is 56.6 Å². The highest BCUT2D eigenvalue weighted by molar-refractivity contribution is 5.96. The summed E-state index contributed by atoms with van der Waals surface area (Å²) in [5.74, 6) is -0.283.